The monoisotopic (exact) mass is 443 g/mol. The molecule has 1 aromatic carbocycles. The molecule has 0 aliphatic carbocycles. The first-order valence-corrected chi connectivity index (χ1v) is 11.5. The number of pyridine rings is 1. The Labute approximate surface area is 191 Å². The second-order valence-corrected chi connectivity index (χ2v) is 8.30. The fraction of sp³-hybridized carbons (Fsp3) is 0.240. The van der Waals surface area contributed by atoms with Crippen molar-refractivity contribution < 1.29 is 5.11 Å². The predicted octanol–water partition coefficient (Wildman–Crippen LogP) is 3.86. The van der Waals surface area contributed by atoms with Gasteiger partial charge in [0.15, 0.2) is 5.82 Å². The van der Waals surface area contributed by atoms with E-state index in [9.17, 15) is 0 Å². The van der Waals surface area contributed by atoms with Gasteiger partial charge in [0.2, 0.25) is 0 Å². The summed E-state index contributed by atoms with van der Waals surface area (Å²) < 4.78 is 0.959. The molecular weight excluding hydrogens is 418 g/mol. The van der Waals surface area contributed by atoms with Crippen molar-refractivity contribution >= 4 is 27.4 Å². The van der Waals surface area contributed by atoms with Gasteiger partial charge in [-0.3, -0.25) is 4.98 Å². The molecule has 4 N–H and O–H groups in total. The van der Waals surface area contributed by atoms with E-state index < -0.39 is 0 Å². The molecule has 0 aliphatic rings. The van der Waals surface area contributed by atoms with Crippen LogP contribution in [0.3, 0.4) is 0 Å². The number of nitrogens with two attached hydrogens (primary N) is 1. The van der Waals surface area contributed by atoms with Gasteiger partial charge in [0.25, 0.3) is 0 Å². The number of hydrogen-bond acceptors (Lipinski definition) is 7. The minimum Gasteiger partial charge on any atom is -0.396 e. The molecule has 0 amide bonds. The van der Waals surface area contributed by atoms with Gasteiger partial charge in [-0.05, 0) is 30.5 Å². The van der Waals surface area contributed by atoms with Gasteiger partial charge in [0.1, 0.15) is 11.3 Å². The first kappa shape index (κ1) is 21.9. The van der Waals surface area contributed by atoms with Crippen LogP contribution in [0.15, 0.2) is 60.2 Å². The number of benzene rings is 1. The van der Waals surface area contributed by atoms with Crippen molar-refractivity contribution in [2.45, 2.75) is 25.3 Å². The quantitative estimate of drug-likeness (QED) is 0.283. The van der Waals surface area contributed by atoms with Crippen molar-refractivity contribution in [1.29, 1.82) is 0 Å². The standard InChI is InChI=1S/C25H25N5OS/c26-21(15-18-7-3-1-4-8-18)16-28-25-23-22(20(17-32-23)9-5-2-6-14-31)29-24(30-25)19-10-12-27-13-11-19/h1,3-4,7-8,10-13,17,21,31H,2,6,14-16,26H2,(H,28,29,30)/t21-/m0/s1. The third kappa shape index (κ3) is 5.48. The highest BCUT2D eigenvalue weighted by Crippen LogP contribution is 2.32. The first-order valence-electron chi connectivity index (χ1n) is 10.6. The van der Waals surface area contributed by atoms with Gasteiger partial charge in [-0.1, -0.05) is 42.2 Å². The fourth-order valence-electron chi connectivity index (χ4n) is 3.30. The summed E-state index contributed by atoms with van der Waals surface area (Å²) in [5, 5.41) is 14.4. The van der Waals surface area contributed by atoms with Crippen LogP contribution in [0, 0.1) is 11.8 Å². The molecule has 6 nitrogen and oxygen atoms in total. The lowest BCUT2D eigenvalue weighted by molar-refractivity contribution is 0.290. The summed E-state index contributed by atoms with van der Waals surface area (Å²) in [5.74, 6) is 7.71. The third-order valence-corrected chi connectivity index (χ3v) is 5.89. The number of anilines is 1. The van der Waals surface area contributed by atoms with Gasteiger partial charge in [0.05, 0.1) is 10.3 Å². The van der Waals surface area contributed by atoms with Crippen LogP contribution in [0.25, 0.3) is 21.6 Å². The van der Waals surface area contributed by atoms with E-state index in [-0.39, 0.29) is 12.6 Å². The molecule has 32 heavy (non-hydrogen) atoms. The lowest BCUT2D eigenvalue weighted by atomic mass is 10.1. The zero-order valence-electron chi connectivity index (χ0n) is 17.7. The van der Waals surface area contributed by atoms with Crippen molar-refractivity contribution in [3.63, 3.8) is 0 Å². The van der Waals surface area contributed by atoms with Gasteiger partial charge >= 0.3 is 0 Å². The lowest BCUT2D eigenvalue weighted by Gasteiger charge is -2.14. The number of aliphatic hydroxyl groups excluding tert-OH is 1. The maximum atomic E-state index is 8.98. The van der Waals surface area contributed by atoms with Crippen molar-refractivity contribution in [1.82, 2.24) is 15.0 Å². The molecule has 0 spiro atoms. The van der Waals surface area contributed by atoms with Crippen LogP contribution in [-0.4, -0.2) is 39.3 Å². The summed E-state index contributed by atoms with van der Waals surface area (Å²) in [4.78, 5) is 13.7. The zero-order valence-corrected chi connectivity index (χ0v) is 18.5. The summed E-state index contributed by atoms with van der Waals surface area (Å²) in [6, 6.07) is 14.0. The van der Waals surface area contributed by atoms with E-state index in [0.717, 1.165) is 33.6 Å². The molecule has 0 bridgehead atoms. The summed E-state index contributed by atoms with van der Waals surface area (Å²) in [6.07, 6.45) is 5.56. The average molecular weight is 444 g/mol. The smallest absolute Gasteiger partial charge is 0.162 e. The van der Waals surface area contributed by atoms with Gasteiger partial charge in [-0.25, -0.2) is 9.97 Å². The number of aromatic nitrogens is 3. The molecule has 4 aromatic rings. The molecule has 3 heterocycles. The highest BCUT2D eigenvalue weighted by Gasteiger charge is 2.15. The maximum absolute atomic E-state index is 8.98. The fourth-order valence-corrected chi connectivity index (χ4v) is 4.20. The SMILES string of the molecule is N[C@H](CNc1nc(-c2ccncc2)nc2c(C#CCCCO)csc12)Cc1ccccc1. The number of nitrogens with zero attached hydrogens (tertiary/aromatic N) is 3. The molecule has 0 saturated carbocycles. The molecule has 0 radical (unpaired) electrons. The molecule has 4 rings (SSSR count). The number of fused-ring (bicyclic) bond motifs is 1. The molecule has 7 heteroatoms. The van der Waals surface area contributed by atoms with Crippen LogP contribution in [0.1, 0.15) is 24.0 Å². The highest BCUT2D eigenvalue weighted by atomic mass is 32.1. The largest absolute Gasteiger partial charge is 0.396 e. The Hall–Kier alpha value is -3.31. The Kier molecular flexibility index (Phi) is 7.41. The Morgan fingerprint density at radius 1 is 1.09 bits per heavy atom. The van der Waals surface area contributed by atoms with Gasteiger partial charge in [-0.2, -0.15) is 0 Å². The van der Waals surface area contributed by atoms with E-state index in [1.165, 1.54) is 5.56 Å². The second-order valence-electron chi connectivity index (χ2n) is 7.42. The van der Waals surface area contributed by atoms with Crippen LogP contribution < -0.4 is 11.1 Å². The highest BCUT2D eigenvalue weighted by molar-refractivity contribution is 7.18. The Balaban J connectivity index is 1.62. The van der Waals surface area contributed by atoms with Crippen LogP contribution in [0.2, 0.25) is 0 Å². The van der Waals surface area contributed by atoms with E-state index >= 15 is 0 Å². The first-order chi connectivity index (χ1) is 15.7. The molecule has 0 aliphatic heterocycles. The number of rotatable bonds is 8. The van der Waals surface area contributed by atoms with Gasteiger partial charge in [0, 0.05) is 49.0 Å². The normalized spacial score (nSPS) is 11.7. The summed E-state index contributed by atoms with van der Waals surface area (Å²) in [5.41, 5.74) is 10.2. The Morgan fingerprint density at radius 2 is 1.91 bits per heavy atom. The minimum absolute atomic E-state index is 0.0514. The summed E-state index contributed by atoms with van der Waals surface area (Å²) in [6.45, 7) is 0.733. The minimum atomic E-state index is -0.0514. The number of unbranched alkanes of at least 4 members (excludes halogenated alkanes) is 1. The van der Waals surface area contributed by atoms with Gasteiger partial charge < -0.3 is 16.2 Å². The van der Waals surface area contributed by atoms with Crippen molar-refractivity contribution in [3.05, 3.63) is 71.4 Å². The Bertz CT molecular complexity index is 1220. The van der Waals surface area contributed by atoms with Crippen molar-refractivity contribution in [3.8, 4) is 23.2 Å². The molecule has 1 atom stereocenters. The lowest BCUT2D eigenvalue weighted by Crippen LogP contribution is -2.31. The van der Waals surface area contributed by atoms with Crippen molar-refractivity contribution in [2.24, 2.45) is 5.73 Å². The zero-order chi connectivity index (χ0) is 22.2. The second kappa shape index (κ2) is 10.8. The molecular formula is C25H25N5OS. The Morgan fingerprint density at radius 3 is 2.69 bits per heavy atom. The van der Waals surface area contributed by atoms with Crippen LogP contribution in [0.5, 0.6) is 0 Å². The van der Waals surface area contributed by atoms with Crippen LogP contribution >= 0.6 is 11.3 Å². The van der Waals surface area contributed by atoms with E-state index in [0.29, 0.717) is 25.2 Å². The number of thiophene rings is 1. The summed E-state index contributed by atoms with van der Waals surface area (Å²) in [7, 11) is 0. The number of hydrogen-bond donors (Lipinski definition) is 3. The molecule has 0 unspecified atom stereocenters. The van der Waals surface area contributed by atoms with E-state index in [4.69, 9.17) is 20.8 Å². The topological polar surface area (TPSA) is 97.0 Å². The average Bonchev–Trinajstić information content (AvgIpc) is 3.24. The molecule has 0 fully saturated rings. The number of nitrogens with one attached hydrogen (secondary N) is 1. The van der Waals surface area contributed by atoms with E-state index in [1.54, 1.807) is 23.7 Å². The van der Waals surface area contributed by atoms with Crippen LogP contribution in [0.4, 0.5) is 5.82 Å². The van der Waals surface area contributed by atoms with Crippen LogP contribution in [-0.2, 0) is 6.42 Å². The maximum Gasteiger partial charge on any atom is 0.162 e. The summed E-state index contributed by atoms with van der Waals surface area (Å²) >= 11 is 1.57. The number of aliphatic hydroxyl groups is 1. The molecule has 3 aromatic heterocycles. The van der Waals surface area contributed by atoms with Gasteiger partial charge in [-0.15, -0.1) is 11.3 Å². The van der Waals surface area contributed by atoms with E-state index in [1.807, 2.05) is 35.7 Å². The third-order valence-electron chi connectivity index (χ3n) is 4.91. The molecule has 162 valence electrons. The van der Waals surface area contributed by atoms with E-state index in [2.05, 4.69) is 34.3 Å². The predicted molar refractivity (Wildman–Crippen MR) is 130 cm³/mol. The molecule has 0 saturated heterocycles. The van der Waals surface area contributed by atoms with Crippen molar-refractivity contribution in [2.75, 3.05) is 18.5 Å².